The zero-order valence-corrected chi connectivity index (χ0v) is 21.0. The van der Waals surface area contributed by atoms with E-state index in [2.05, 4.69) is 42.6 Å². The van der Waals surface area contributed by atoms with Crippen molar-refractivity contribution in [2.75, 3.05) is 19.6 Å². The highest BCUT2D eigenvalue weighted by atomic mass is 19.1. The molecule has 0 spiro atoms. The van der Waals surface area contributed by atoms with Crippen LogP contribution in [0.5, 0.6) is 5.75 Å². The van der Waals surface area contributed by atoms with Crippen LogP contribution in [0.2, 0.25) is 0 Å². The van der Waals surface area contributed by atoms with E-state index in [1.54, 1.807) is 11.0 Å². The molecule has 7 heteroatoms. The van der Waals surface area contributed by atoms with E-state index in [1.165, 1.54) is 52.7 Å². The summed E-state index contributed by atoms with van der Waals surface area (Å²) in [5, 5.41) is 15.1. The number of fused-ring (bicyclic) bond motifs is 1. The lowest BCUT2D eigenvalue weighted by molar-refractivity contribution is 0.0697. The molecule has 1 fully saturated rings. The summed E-state index contributed by atoms with van der Waals surface area (Å²) in [4.78, 5) is 25.7. The molecule has 1 amide bonds. The Bertz CT molecular complexity index is 1450. The van der Waals surface area contributed by atoms with Crippen LogP contribution in [0.15, 0.2) is 91.0 Å². The summed E-state index contributed by atoms with van der Waals surface area (Å²) in [6.45, 7) is 3.59. The third-order valence-corrected chi connectivity index (χ3v) is 7.26. The molecule has 2 N–H and O–H groups in total. The topological polar surface area (TPSA) is 78.9 Å². The lowest BCUT2D eigenvalue weighted by atomic mass is 9.88. The van der Waals surface area contributed by atoms with Gasteiger partial charge in [0.1, 0.15) is 11.6 Å². The second-order valence-electron chi connectivity index (χ2n) is 9.72. The molecule has 194 valence electrons. The van der Waals surface area contributed by atoms with E-state index in [-0.39, 0.29) is 35.0 Å². The van der Waals surface area contributed by atoms with E-state index in [1.807, 2.05) is 18.2 Å². The average Bonchev–Trinajstić information content (AvgIpc) is 3.36. The molecule has 5 rings (SSSR count). The fourth-order valence-electron chi connectivity index (χ4n) is 5.24. The Labute approximate surface area is 220 Å². The lowest BCUT2D eigenvalue weighted by Gasteiger charge is -2.23. The summed E-state index contributed by atoms with van der Waals surface area (Å²) in [5.74, 6) is -1.12. The van der Waals surface area contributed by atoms with Gasteiger partial charge in [-0.15, -0.1) is 0 Å². The van der Waals surface area contributed by atoms with Crippen LogP contribution in [-0.4, -0.2) is 41.7 Å². The van der Waals surface area contributed by atoms with Gasteiger partial charge in [-0.1, -0.05) is 54.6 Å². The molecule has 38 heavy (non-hydrogen) atoms. The number of carbonyl (C=O) groups excluding carboxylic acids is 1. The van der Waals surface area contributed by atoms with E-state index in [0.717, 1.165) is 5.56 Å². The van der Waals surface area contributed by atoms with Crippen molar-refractivity contribution in [1.82, 2.24) is 10.2 Å². The first-order chi connectivity index (χ1) is 18.4. The minimum absolute atomic E-state index is 0.0381. The molecule has 0 bridgehead atoms. The van der Waals surface area contributed by atoms with Crippen LogP contribution in [0.1, 0.15) is 40.4 Å². The van der Waals surface area contributed by atoms with Gasteiger partial charge in [0.2, 0.25) is 0 Å². The van der Waals surface area contributed by atoms with Crippen LogP contribution in [0, 0.1) is 11.7 Å². The maximum Gasteiger partial charge on any atom is 0.415 e. The first-order valence-corrected chi connectivity index (χ1v) is 12.7. The number of likely N-dealkylation sites (tertiary alicyclic amines) is 1. The number of aromatic carboxylic acids is 1. The molecule has 1 aliphatic heterocycles. The zero-order chi connectivity index (χ0) is 26.6. The van der Waals surface area contributed by atoms with Crippen molar-refractivity contribution < 1.29 is 23.8 Å². The SMILES string of the molecule is C[C@@H](NC[C@H]1CN(C(=O)Oc2ccc(C(=O)O)cc2)C[C@@H]1c1cccc(F)c1)c1cccc2ccccc12. The standard InChI is InChI=1S/C31H29FN2O4/c1-20(27-11-5-7-21-6-2-3-10-28(21)27)33-17-24-18-34(19-29(24)23-8-4-9-25(32)16-23)31(37)38-26-14-12-22(13-15-26)30(35)36/h2-16,20,24,29,33H,17-19H2,1H3,(H,35,36)/t20-,24+,29-/m1/s1. The number of hydrogen-bond acceptors (Lipinski definition) is 4. The molecule has 6 nitrogen and oxygen atoms in total. The number of rotatable bonds is 7. The molecule has 0 saturated carbocycles. The molecule has 1 saturated heterocycles. The quantitative estimate of drug-likeness (QED) is 0.306. The number of carboxylic acid groups (broad SMARTS) is 1. The third-order valence-electron chi connectivity index (χ3n) is 7.26. The number of nitrogens with one attached hydrogen (secondary N) is 1. The number of carbonyl (C=O) groups is 2. The summed E-state index contributed by atoms with van der Waals surface area (Å²) in [5.41, 5.74) is 2.16. The smallest absolute Gasteiger partial charge is 0.415 e. The molecule has 0 radical (unpaired) electrons. The number of nitrogens with zero attached hydrogens (tertiary/aromatic N) is 1. The fraction of sp³-hybridized carbons (Fsp3) is 0.226. The molecule has 3 atom stereocenters. The summed E-state index contributed by atoms with van der Waals surface area (Å²) < 4.78 is 19.6. The molecule has 0 aliphatic carbocycles. The molecule has 0 unspecified atom stereocenters. The second-order valence-corrected chi connectivity index (χ2v) is 9.72. The highest BCUT2D eigenvalue weighted by Gasteiger charge is 2.37. The van der Waals surface area contributed by atoms with E-state index >= 15 is 0 Å². The second kappa shape index (κ2) is 11.0. The first-order valence-electron chi connectivity index (χ1n) is 12.7. The molecule has 4 aromatic carbocycles. The van der Waals surface area contributed by atoms with Crippen molar-refractivity contribution in [3.8, 4) is 5.75 Å². The Morgan fingerprint density at radius 2 is 1.74 bits per heavy atom. The Hall–Kier alpha value is -4.23. The lowest BCUT2D eigenvalue weighted by Crippen LogP contribution is -2.33. The highest BCUT2D eigenvalue weighted by Crippen LogP contribution is 2.34. The Kier molecular flexibility index (Phi) is 7.38. The van der Waals surface area contributed by atoms with E-state index < -0.39 is 12.1 Å². The van der Waals surface area contributed by atoms with E-state index in [4.69, 9.17) is 9.84 Å². The van der Waals surface area contributed by atoms with Crippen LogP contribution in [0.25, 0.3) is 10.8 Å². The Morgan fingerprint density at radius 1 is 1.00 bits per heavy atom. The van der Waals surface area contributed by atoms with Gasteiger partial charge in [0, 0.05) is 31.6 Å². The van der Waals surface area contributed by atoms with Crippen molar-refractivity contribution in [2.24, 2.45) is 5.92 Å². The molecule has 0 aromatic heterocycles. The van der Waals surface area contributed by atoms with Gasteiger partial charge < -0.3 is 20.1 Å². The number of ether oxygens (including phenoxy) is 1. The van der Waals surface area contributed by atoms with Crippen molar-refractivity contribution >= 4 is 22.8 Å². The van der Waals surface area contributed by atoms with Crippen LogP contribution in [-0.2, 0) is 0 Å². The number of benzene rings is 4. The number of carboxylic acids is 1. The van der Waals surface area contributed by atoms with Crippen molar-refractivity contribution in [1.29, 1.82) is 0 Å². The van der Waals surface area contributed by atoms with Crippen LogP contribution in [0.3, 0.4) is 0 Å². The van der Waals surface area contributed by atoms with Crippen LogP contribution in [0.4, 0.5) is 9.18 Å². The zero-order valence-electron chi connectivity index (χ0n) is 21.0. The number of halogens is 1. The largest absolute Gasteiger partial charge is 0.478 e. The normalized spacial score (nSPS) is 17.9. The molecule has 1 heterocycles. The third kappa shape index (κ3) is 5.53. The van der Waals surface area contributed by atoms with Crippen LogP contribution >= 0.6 is 0 Å². The summed E-state index contributed by atoms with van der Waals surface area (Å²) in [6, 6.07) is 26.9. The predicted molar refractivity (Wildman–Crippen MR) is 144 cm³/mol. The van der Waals surface area contributed by atoms with Gasteiger partial charge in [-0.05, 0) is 71.1 Å². The predicted octanol–water partition coefficient (Wildman–Crippen LogP) is 6.24. The molecule has 1 aliphatic rings. The highest BCUT2D eigenvalue weighted by molar-refractivity contribution is 5.88. The Morgan fingerprint density at radius 3 is 2.50 bits per heavy atom. The van der Waals surface area contributed by atoms with Gasteiger partial charge in [-0.3, -0.25) is 0 Å². The maximum absolute atomic E-state index is 14.1. The monoisotopic (exact) mass is 512 g/mol. The van der Waals surface area contributed by atoms with Gasteiger partial charge in [-0.25, -0.2) is 14.0 Å². The summed E-state index contributed by atoms with van der Waals surface area (Å²) >= 11 is 0. The fourth-order valence-corrected chi connectivity index (χ4v) is 5.24. The van der Waals surface area contributed by atoms with Crippen LogP contribution < -0.4 is 10.1 Å². The molecule has 4 aromatic rings. The number of hydrogen-bond donors (Lipinski definition) is 2. The average molecular weight is 513 g/mol. The van der Waals surface area contributed by atoms with Crippen molar-refractivity contribution in [2.45, 2.75) is 18.9 Å². The summed E-state index contributed by atoms with van der Waals surface area (Å²) in [7, 11) is 0. The van der Waals surface area contributed by atoms with Gasteiger partial charge in [-0.2, -0.15) is 0 Å². The molecular formula is C31H29FN2O4. The number of amides is 1. The molecular weight excluding hydrogens is 483 g/mol. The minimum Gasteiger partial charge on any atom is -0.478 e. The first kappa shape index (κ1) is 25.4. The van der Waals surface area contributed by atoms with Crippen molar-refractivity contribution in [3.05, 3.63) is 114 Å². The summed E-state index contributed by atoms with van der Waals surface area (Å²) in [6.07, 6.45) is -0.515. The van der Waals surface area contributed by atoms with Crippen molar-refractivity contribution in [3.63, 3.8) is 0 Å². The van der Waals surface area contributed by atoms with Gasteiger partial charge >= 0.3 is 12.1 Å². The van der Waals surface area contributed by atoms with E-state index in [0.29, 0.717) is 19.6 Å². The van der Waals surface area contributed by atoms with Gasteiger partial charge in [0.15, 0.2) is 0 Å². The Balaban J connectivity index is 1.31. The van der Waals surface area contributed by atoms with E-state index in [9.17, 15) is 14.0 Å². The van der Waals surface area contributed by atoms with Gasteiger partial charge in [0.25, 0.3) is 0 Å². The van der Waals surface area contributed by atoms with Gasteiger partial charge in [0.05, 0.1) is 5.56 Å². The minimum atomic E-state index is -1.05. The maximum atomic E-state index is 14.1.